The van der Waals surface area contributed by atoms with Crippen LogP contribution in [0, 0.1) is 11.8 Å². The fourth-order valence-corrected chi connectivity index (χ4v) is 1.94. The van der Waals surface area contributed by atoms with Crippen molar-refractivity contribution in [1.82, 2.24) is 4.90 Å². The molecule has 0 radical (unpaired) electrons. The van der Waals surface area contributed by atoms with Crippen LogP contribution in [0.2, 0.25) is 0 Å². The Morgan fingerprint density at radius 3 is 2.36 bits per heavy atom. The summed E-state index contributed by atoms with van der Waals surface area (Å²) in [6.07, 6.45) is 3.71. The lowest BCUT2D eigenvalue weighted by atomic mass is 9.99. The standard InChI is InChI=1S/C12H23NO/c1-9(2)7-12(10(3)14)13(4)8-11-5-6-11/h9,11-12H,5-8H2,1-4H3. The third-order valence-electron chi connectivity index (χ3n) is 2.94. The van der Waals surface area contributed by atoms with Gasteiger partial charge in [0.2, 0.25) is 0 Å². The first kappa shape index (κ1) is 11.7. The van der Waals surface area contributed by atoms with Gasteiger partial charge in [-0.2, -0.15) is 0 Å². The third kappa shape index (κ3) is 3.79. The molecule has 2 heteroatoms. The minimum Gasteiger partial charge on any atom is -0.298 e. The zero-order valence-corrected chi connectivity index (χ0v) is 9.92. The van der Waals surface area contributed by atoms with Gasteiger partial charge in [-0.3, -0.25) is 9.69 Å². The fourth-order valence-electron chi connectivity index (χ4n) is 1.94. The van der Waals surface area contributed by atoms with E-state index >= 15 is 0 Å². The minimum atomic E-state index is 0.149. The number of rotatable bonds is 6. The molecule has 1 atom stereocenters. The molecule has 0 bridgehead atoms. The molecule has 0 saturated heterocycles. The molecule has 1 unspecified atom stereocenters. The Balaban J connectivity index is 2.42. The van der Waals surface area contributed by atoms with E-state index in [1.165, 1.54) is 12.8 Å². The van der Waals surface area contributed by atoms with E-state index in [0.29, 0.717) is 11.7 Å². The molecule has 1 saturated carbocycles. The highest BCUT2D eigenvalue weighted by Gasteiger charge is 2.28. The Morgan fingerprint density at radius 2 is 2.00 bits per heavy atom. The average molecular weight is 197 g/mol. The molecule has 0 aromatic heterocycles. The highest BCUT2D eigenvalue weighted by Crippen LogP contribution is 2.30. The molecule has 2 nitrogen and oxygen atoms in total. The highest BCUT2D eigenvalue weighted by atomic mass is 16.1. The van der Waals surface area contributed by atoms with Crippen LogP contribution in [0.5, 0.6) is 0 Å². The molecule has 14 heavy (non-hydrogen) atoms. The summed E-state index contributed by atoms with van der Waals surface area (Å²) in [5.74, 6) is 1.79. The van der Waals surface area contributed by atoms with Crippen LogP contribution in [-0.2, 0) is 4.79 Å². The molecule has 1 aliphatic rings. The normalized spacial score (nSPS) is 19.0. The van der Waals surface area contributed by atoms with Gasteiger partial charge in [-0.15, -0.1) is 0 Å². The van der Waals surface area contributed by atoms with E-state index in [2.05, 4.69) is 25.8 Å². The van der Waals surface area contributed by atoms with Crippen LogP contribution in [0.3, 0.4) is 0 Å². The first-order valence-corrected chi connectivity index (χ1v) is 5.71. The summed E-state index contributed by atoms with van der Waals surface area (Å²) >= 11 is 0. The van der Waals surface area contributed by atoms with Crippen LogP contribution in [0.15, 0.2) is 0 Å². The summed E-state index contributed by atoms with van der Waals surface area (Å²) in [6, 6.07) is 0.149. The maximum atomic E-state index is 11.5. The largest absolute Gasteiger partial charge is 0.298 e. The Bertz CT molecular complexity index is 196. The van der Waals surface area contributed by atoms with Gasteiger partial charge in [0, 0.05) is 6.54 Å². The average Bonchev–Trinajstić information content (AvgIpc) is 2.82. The second-order valence-corrected chi connectivity index (χ2v) is 5.14. The zero-order valence-electron chi connectivity index (χ0n) is 9.92. The molecular weight excluding hydrogens is 174 g/mol. The summed E-state index contributed by atoms with van der Waals surface area (Å²) < 4.78 is 0. The van der Waals surface area contributed by atoms with Gasteiger partial charge >= 0.3 is 0 Å². The molecular formula is C12H23NO. The van der Waals surface area contributed by atoms with Crippen molar-refractivity contribution in [3.05, 3.63) is 0 Å². The van der Waals surface area contributed by atoms with Gasteiger partial charge in [-0.05, 0) is 45.1 Å². The van der Waals surface area contributed by atoms with Gasteiger partial charge < -0.3 is 0 Å². The number of hydrogen-bond acceptors (Lipinski definition) is 2. The number of carbonyl (C=O) groups excluding carboxylic acids is 1. The van der Waals surface area contributed by atoms with Gasteiger partial charge in [-0.1, -0.05) is 13.8 Å². The third-order valence-corrected chi connectivity index (χ3v) is 2.94. The highest BCUT2D eigenvalue weighted by molar-refractivity contribution is 5.81. The second kappa shape index (κ2) is 4.92. The molecule has 82 valence electrons. The molecule has 0 aromatic carbocycles. The quantitative estimate of drug-likeness (QED) is 0.651. The van der Waals surface area contributed by atoms with Crippen molar-refractivity contribution in [2.75, 3.05) is 13.6 Å². The summed E-state index contributed by atoms with van der Waals surface area (Å²) in [5.41, 5.74) is 0. The topological polar surface area (TPSA) is 20.3 Å². The van der Waals surface area contributed by atoms with Gasteiger partial charge in [0.25, 0.3) is 0 Å². The van der Waals surface area contributed by atoms with Crippen molar-refractivity contribution in [2.24, 2.45) is 11.8 Å². The Labute approximate surface area is 87.7 Å². The first-order chi connectivity index (χ1) is 6.50. The monoisotopic (exact) mass is 197 g/mol. The number of nitrogens with zero attached hydrogens (tertiary/aromatic N) is 1. The molecule has 0 aliphatic heterocycles. The van der Waals surface area contributed by atoms with Crippen LogP contribution in [0.4, 0.5) is 0 Å². The Kier molecular flexibility index (Phi) is 4.11. The van der Waals surface area contributed by atoms with E-state index in [0.717, 1.165) is 18.9 Å². The molecule has 0 spiro atoms. The maximum Gasteiger partial charge on any atom is 0.146 e. The Hall–Kier alpha value is -0.370. The summed E-state index contributed by atoms with van der Waals surface area (Å²) in [6.45, 7) is 7.19. The van der Waals surface area contributed by atoms with E-state index in [9.17, 15) is 4.79 Å². The summed E-state index contributed by atoms with van der Waals surface area (Å²) in [5, 5.41) is 0. The lowest BCUT2D eigenvalue weighted by Gasteiger charge is -2.27. The van der Waals surface area contributed by atoms with E-state index in [-0.39, 0.29) is 6.04 Å². The van der Waals surface area contributed by atoms with E-state index in [1.54, 1.807) is 6.92 Å². The van der Waals surface area contributed by atoms with Gasteiger partial charge in [0.05, 0.1) is 6.04 Å². The molecule has 0 N–H and O–H groups in total. The molecule has 1 aliphatic carbocycles. The number of likely N-dealkylation sites (N-methyl/N-ethyl adjacent to an activating group) is 1. The van der Waals surface area contributed by atoms with Gasteiger partial charge in [0.1, 0.15) is 5.78 Å². The molecule has 0 heterocycles. The first-order valence-electron chi connectivity index (χ1n) is 5.71. The minimum absolute atomic E-state index is 0.149. The molecule has 1 fully saturated rings. The fraction of sp³-hybridized carbons (Fsp3) is 0.917. The van der Waals surface area contributed by atoms with Crippen molar-refractivity contribution in [2.45, 2.75) is 46.1 Å². The Morgan fingerprint density at radius 1 is 1.43 bits per heavy atom. The van der Waals surface area contributed by atoms with Crippen LogP contribution in [0.1, 0.15) is 40.0 Å². The molecule has 1 rings (SSSR count). The van der Waals surface area contributed by atoms with E-state index < -0.39 is 0 Å². The number of Topliss-reactive ketones (excluding diaryl/α,β-unsaturated/α-hetero) is 1. The number of ketones is 1. The van der Waals surface area contributed by atoms with Gasteiger partial charge in [-0.25, -0.2) is 0 Å². The number of hydrogen-bond donors (Lipinski definition) is 0. The van der Waals surface area contributed by atoms with Crippen molar-refractivity contribution in [3.63, 3.8) is 0 Å². The van der Waals surface area contributed by atoms with Crippen LogP contribution < -0.4 is 0 Å². The predicted octanol–water partition coefficient (Wildman–Crippen LogP) is 2.33. The van der Waals surface area contributed by atoms with Gasteiger partial charge in [0.15, 0.2) is 0 Å². The van der Waals surface area contributed by atoms with E-state index in [1.807, 2.05) is 0 Å². The number of carbonyl (C=O) groups is 1. The molecule has 0 aromatic rings. The van der Waals surface area contributed by atoms with Crippen molar-refractivity contribution < 1.29 is 4.79 Å². The van der Waals surface area contributed by atoms with Crippen molar-refractivity contribution in [3.8, 4) is 0 Å². The van der Waals surface area contributed by atoms with E-state index in [4.69, 9.17) is 0 Å². The molecule has 0 amide bonds. The summed E-state index contributed by atoms with van der Waals surface area (Å²) in [4.78, 5) is 13.7. The lowest BCUT2D eigenvalue weighted by Crippen LogP contribution is -2.39. The zero-order chi connectivity index (χ0) is 10.7. The smallest absolute Gasteiger partial charge is 0.146 e. The SMILES string of the molecule is CC(=O)C(CC(C)C)N(C)CC1CC1. The maximum absolute atomic E-state index is 11.5. The van der Waals surface area contributed by atoms with Crippen LogP contribution in [-0.4, -0.2) is 30.3 Å². The van der Waals surface area contributed by atoms with Crippen LogP contribution >= 0.6 is 0 Å². The summed E-state index contributed by atoms with van der Waals surface area (Å²) in [7, 11) is 2.09. The van der Waals surface area contributed by atoms with Crippen molar-refractivity contribution >= 4 is 5.78 Å². The second-order valence-electron chi connectivity index (χ2n) is 5.14. The predicted molar refractivity (Wildman–Crippen MR) is 59.3 cm³/mol. The lowest BCUT2D eigenvalue weighted by molar-refractivity contribution is -0.122. The van der Waals surface area contributed by atoms with Crippen LogP contribution in [0.25, 0.3) is 0 Å². The van der Waals surface area contributed by atoms with Crippen molar-refractivity contribution in [1.29, 1.82) is 0 Å².